The molecule has 146 valence electrons. The van der Waals surface area contributed by atoms with Crippen LogP contribution < -0.4 is 4.74 Å². The molecular formula is C18H24N4O4S. The first kappa shape index (κ1) is 19.4. The standard InChI is InChI=1S/C18H24N4O4S/c1-4-21-9-11-22(12-10-21)18(23)16-13-15(19-27(24,25)20(16)2)14-7-5-6-8-17(14)26-3/h5-8,13H,4,9-12H2,1-3H3. The minimum atomic E-state index is -3.99. The summed E-state index contributed by atoms with van der Waals surface area (Å²) in [6.45, 7) is 5.71. The Morgan fingerprint density at radius 2 is 1.85 bits per heavy atom. The van der Waals surface area contributed by atoms with E-state index in [9.17, 15) is 13.2 Å². The van der Waals surface area contributed by atoms with Gasteiger partial charge >= 0.3 is 10.2 Å². The molecule has 0 saturated carbocycles. The van der Waals surface area contributed by atoms with Crippen LogP contribution in [-0.4, -0.2) is 81.0 Å². The first-order chi connectivity index (χ1) is 12.9. The average molecular weight is 392 g/mol. The van der Waals surface area contributed by atoms with Crippen molar-refractivity contribution in [2.75, 3.05) is 46.9 Å². The van der Waals surface area contributed by atoms with Crippen molar-refractivity contribution in [1.82, 2.24) is 14.1 Å². The Labute approximate surface area is 159 Å². The Balaban J connectivity index is 1.95. The van der Waals surface area contributed by atoms with Gasteiger partial charge in [0.2, 0.25) is 0 Å². The van der Waals surface area contributed by atoms with Crippen LogP contribution in [0, 0.1) is 0 Å². The molecule has 0 radical (unpaired) electrons. The lowest BCUT2D eigenvalue weighted by Crippen LogP contribution is -2.50. The number of hydrogen-bond donors (Lipinski definition) is 0. The highest BCUT2D eigenvalue weighted by molar-refractivity contribution is 7.88. The van der Waals surface area contributed by atoms with Gasteiger partial charge in [-0.15, -0.1) is 4.40 Å². The number of allylic oxidation sites excluding steroid dienone is 1. The highest BCUT2D eigenvalue weighted by atomic mass is 32.2. The summed E-state index contributed by atoms with van der Waals surface area (Å²) in [5, 5.41) is 0. The van der Waals surface area contributed by atoms with Crippen molar-refractivity contribution in [3.63, 3.8) is 0 Å². The number of likely N-dealkylation sites (N-methyl/N-ethyl adjacent to an activating group) is 2. The van der Waals surface area contributed by atoms with Gasteiger partial charge in [-0.1, -0.05) is 19.1 Å². The van der Waals surface area contributed by atoms with E-state index in [1.807, 2.05) is 0 Å². The molecule has 0 atom stereocenters. The molecule has 27 heavy (non-hydrogen) atoms. The van der Waals surface area contributed by atoms with Crippen LogP contribution in [-0.2, 0) is 15.0 Å². The van der Waals surface area contributed by atoms with Gasteiger partial charge in [0.1, 0.15) is 11.4 Å². The van der Waals surface area contributed by atoms with Crippen LogP contribution in [0.5, 0.6) is 5.75 Å². The van der Waals surface area contributed by atoms with Crippen molar-refractivity contribution >= 4 is 21.8 Å². The highest BCUT2D eigenvalue weighted by Gasteiger charge is 2.33. The molecule has 2 heterocycles. The Kier molecular flexibility index (Phi) is 5.52. The molecule has 1 fully saturated rings. The summed E-state index contributed by atoms with van der Waals surface area (Å²) < 4.78 is 35.2. The van der Waals surface area contributed by atoms with Gasteiger partial charge in [0.05, 0.1) is 12.8 Å². The SMILES string of the molecule is CCN1CCN(C(=O)C2=CC(c3ccccc3OC)=NS(=O)(=O)N2C)CC1. The molecule has 0 bridgehead atoms. The first-order valence-electron chi connectivity index (χ1n) is 8.83. The summed E-state index contributed by atoms with van der Waals surface area (Å²) in [4.78, 5) is 17.0. The zero-order valence-corrected chi connectivity index (χ0v) is 16.6. The lowest BCUT2D eigenvalue weighted by atomic mass is 10.1. The van der Waals surface area contributed by atoms with E-state index in [0.717, 1.165) is 23.9 Å². The summed E-state index contributed by atoms with van der Waals surface area (Å²) in [7, 11) is -1.14. The minimum Gasteiger partial charge on any atom is -0.496 e. The second kappa shape index (κ2) is 7.69. The molecular weight excluding hydrogens is 368 g/mol. The van der Waals surface area contributed by atoms with E-state index in [0.29, 0.717) is 24.4 Å². The number of piperazine rings is 1. The molecule has 8 nitrogen and oxygen atoms in total. The Hall–Kier alpha value is -2.39. The van der Waals surface area contributed by atoms with E-state index in [2.05, 4.69) is 16.2 Å². The van der Waals surface area contributed by atoms with Gasteiger partial charge in [-0.3, -0.25) is 4.79 Å². The second-order valence-corrected chi connectivity index (χ2v) is 8.00. The number of carbonyl (C=O) groups is 1. The predicted molar refractivity (Wildman–Crippen MR) is 103 cm³/mol. The number of para-hydroxylation sites is 1. The lowest BCUT2D eigenvalue weighted by molar-refractivity contribution is -0.129. The number of ether oxygens (including phenoxy) is 1. The fourth-order valence-corrected chi connectivity index (χ4v) is 4.07. The monoisotopic (exact) mass is 392 g/mol. The van der Waals surface area contributed by atoms with E-state index < -0.39 is 10.2 Å². The number of amides is 1. The minimum absolute atomic E-state index is 0.0934. The third-order valence-electron chi connectivity index (χ3n) is 4.88. The number of benzene rings is 1. The Bertz CT molecular complexity index is 886. The largest absolute Gasteiger partial charge is 0.496 e. The number of rotatable bonds is 4. The molecule has 9 heteroatoms. The van der Waals surface area contributed by atoms with Crippen molar-refractivity contribution in [3.05, 3.63) is 41.6 Å². The zero-order chi connectivity index (χ0) is 19.6. The highest BCUT2D eigenvalue weighted by Crippen LogP contribution is 2.26. The van der Waals surface area contributed by atoms with Gasteiger partial charge in [0.25, 0.3) is 5.91 Å². The first-order valence-corrected chi connectivity index (χ1v) is 10.2. The van der Waals surface area contributed by atoms with E-state index in [4.69, 9.17) is 4.74 Å². The van der Waals surface area contributed by atoms with Crippen LogP contribution in [0.1, 0.15) is 12.5 Å². The van der Waals surface area contributed by atoms with Gasteiger partial charge in [0, 0.05) is 38.8 Å². The Morgan fingerprint density at radius 3 is 2.48 bits per heavy atom. The molecule has 1 saturated heterocycles. The van der Waals surface area contributed by atoms with Gasteiger partial charge in [-0.2, -0.15) is 8.42 Å². The van der Waals surface area contributed by atoms with Crippen LogP contribution in [0.3, 0.4) is 0 Å². The summed E-state index contributed by atoms with van der Waals surface area (Å²) in [6.07, 6.45) is 1.52. The summed E-state index contributed by atoms with van der Waals surface area (Å²) in [6, 6.07) is 7.00. The second-order valence-electron chi connectivity index (χ2n) is 6.38. The van der Waals surface area contributed by atoms with Crippen LogP contribution in [0.15, 0.2) is 40.4 Å². The maximum Gasteiger partial charge on any atom is 0.345 e. The van der Waals surface area contributed by atoms with Crippen LogP contribution >= 0.6 is 0 Å². The summed E-state index contributed by atoms with van der Waals surface area (Å²) >= 11 is 0. The van der Waals surface area contributed by atoms with Crippen molar-refractivity contribution in [2.45, 2.75) is 6.92 Å². The summed E-state index contributed by atoms with van der Waals surface area (Å²) in [5.41, 5.74) is 0.815. The van der Waals surface area contributed by atoms with E-state index >= 15 is 0 Å². The molecule has 2 aliphatic heterocycles. The van der Waals surface area contributed by atoms with Gasteiger partial charge in [-0.25, -0.2) is 4.31 Å². The predicted octanol–water partition coefficient (Wildman–Crippen LogP) is 0.723. The number of hydrogen-bond acceptors (Lipinski definition) is 5. The normalized spacial score (nSPS) is 20.1. The van der Waals surface area contributed by atoms with Crippen molar-refractivity contribution in [1.29, 1.82) is 0 Å². The zero-order valence-electron chi connectivity index (χ0n) is 15.8. The smallest absolute Gasteiger partial charge is 0.345 e. The molecule has 0 aromatic heterocycles. The molecule has 1 aromatic rings. The molecule has 3 rings (SSSR count). The van der Waals surface area contributed by atoms with Crippen molar-refractivity contribution in [2.24, 2.45) is 4.40 Å². The molecule has 0 aliphatic carbocycles. The molecule has 2 aliphatic rings. The molecule has 0 N–H and O–H groups in total. The van der Waals surface area contributed by atoms with Crippen molar-refractivity contribution in [3.8, 4) is 5.75 Å². The maximum absolute atomic E-state index is 13.0. The average Bonchev–Trinajstić information content (AvgIpc) is 2.69. The van der Waals surface area contributed by atoms with E-state index in [1.54, 1.807) is 29.2 Å². The number of methoxy groups -OCH3 is 1. The lowest BCUT2D eigenvalue weighted by Gasteiger charge is -2.36. The van der Waals surface area contributed by atoms with E-state index in [-0.39, 0.29) is 17.3 Å². The quantitative estimate of drug-likeness (QED) is 0.754. The fraction of sp³-hybridized carbons (Fsp3) is 0.444. The van der Waals surface area contributed by atoms with Gasteiger partial charge < -0.3 is 14.5 Å². The van der Waals surface area contributed by atoms with Crippen LogP contribution in [0.25, 0.3) is 0 Å². The fourth-order valence-electron chi connectivity index (χ4n) is 3.17. The number of nitrogens with zero attached hydrogens (tertiary/aromatic N) is 4. The summed E-state index contributed by atoms with van der Waals surface area (Å²) in [5.74, 6) is 0.190. The molecule has 1 amide bonds. The molecule has 1 aromatic carbocycles. The Morgan fingerprint density at radius 1 is 1.19 bits per heavy atom. The van der Waals surface area contributed by atoms with Gasteiger partial charge in [-0.05, 0) is 24.8 Å². The third kappa shape index (κ3) is 3.84. The third-order valence-corrected chi connectivity index (χ3v) is 6.20. The number of carbonyl (C=O) groups excluding carboxylic acids is 1. The van der Waals surface area contributed by atoms with Gasteiger partial charge in [0.15, 0.2) is 0 Å². The van der Waals surface area contributed by atoms with Crippen molar-refractivity contribution < 1.29 is 17.9 Å². The van der Waals surface area contributed by atoms with Crippen LogP contribution in [0.2, 0.25) is 0 Å². The topological polar surface area (TPSA) is 82.5 Å². The maximum atomic E-state index is 13.0. The van der Waals surface area contributed by atoms with E-state index in [1.165, 1.54) is 20.2 Å². The van der Waals surface area contributed by atoms with Crippen LogP contribution in [0.4, 0.5) is 0 Å². The molecule has 0 spiro atoms. The molecule has 0 unspecified atom stereocenters.